The molecule has 0 aromatic heterocycles. The van der Waals surface area contributed by atoms with Crippen LogP contribution in [0.25, 0.3) is 0 Å². The Balaban J connectivity index is 0.00000133. The van der Waals surface area contributed by atoms with Crippen molar-refractivity contribution in [3.63, 3.8) is 0 Å². The normalized spacial score (nSPS) is 33.2. The van der Waals surface area contributed by atoms with E-state index in [0.29, 0.717) is 0 Å². The predicted molar refractivity (Wildman–Crippen MR) is 78.6 cm³/mol. The number of piperidine rings is 2. The van der Waals surface area contributed by atoms with Crippen LogP contribution in [0.2, 0.25) is 0 Å². The minimum atomic E-state index is 0. The minimum Gasteiger partial charge on any atom is -0.355 e. The van der Waals surface area contributed by atoms with E-state index >= 15 is 0 Å². The second-order valence-corrected chi connectivity index (χ2v) is 6.49. The second kappa shape index (κ2) is 6.42. The fraction of sp³-hybridized carbons (Fsp3) is 0.929. The van der Waals surface area contributed by atoms with Gasteiger partial charge in [0.05, 0.1) is 0 Å². The van der Waals surface area contributed by atoms with Crippen LogP contribution in [-0.4, -0.2) is 50.1 Å². The third-order valence-corrected chi connectivity index (χ3v) is 4.91. The molecular formula is C14H26ClN3O. The van der Waals surface area contributed by atoms with Gasteiger partial charge in [0, 0.05) is 31.5 Å². The Hall–Kier alpha value is -0.320. The van der Waals surface area contributed by atoms with E-state index in [1.54, 1.807) is 0 Å². The lowest BCUT2D eigenvalue weighted by atomic mass is 9.78. The zero-order chi connectivity index (χ0) is 12.4. The van der Waals surface area contributed by atoms with Crippen molar-refractivity contribution < 1.29 is 4.79 Å². The number of hydrogen-bond donors (Lipinski definition) is 2. The molecule has 1 spiro atoms. The summed E-state index contributed by atoms with van der Waals surface area (Å²) >= 11 is 0. The molecule has 110 valence electrons. The molecule has 0 radical (unpaired) electrons. The lowest BCUT2D eigenvalue weighted by molar-refractivity contribution is -0.119. The first kappa shape index (κ1) is 15.1. The van der Waals surface area contributed by atoms with Crippen molar-refractivity contribution in [1.82, 2.24) is 15.5 Å². The van der Waals surface area contributed by atoms with E-state index in [-0.39, 0.29) is 23.7 Å². The lowest BCUT2D eigenvalue weighted by Gasteiger charge is -2.41. The van der Waals surface area contributed by atoms with Gasteiger partial charge in [0.1, 0.15) is 0 Å². The maximum atomic E-state index is 11.5. The molecule has 3 heterocycles. The molecule has 3 rings (SSSR count). The first-order valence-electron chi connectivity index (χ1n) is 7.46. The van der Waals surface area contributed by atoms with Gasteiger partial charge < -0.3 is 15.5 Å². The van der Waals surface area contributed by atoms with Crippen molar-refractivity contribution in [3.05, 3.63) is 0 Å². The fourth-order valence-corrected chi connectivity index (χ4v) is 3.94. The molecule has 3 aliphatic rings. The monoisotopic (exact) mass is 287 g/mol. The number of amides is 1. The van der Waals surface area contributed by atoms with Gasteiger partial charge in [-0.15, -0.1) is 12.4 Å². The Morgan fingerprint density at radius 3 is 2.79 bits per heavy atom. The van der Waals surface area contributed by atoms with E-state index < -0.39 is 0 Å². The van der Waals surface area contributed by atoms with E-state index in [4.69, 9.17) is 0 Å². The molecule has 2 N–H and O–H groups in total. The van der Waals surface area contributed by atoms with Gasteiger partial charge in [-0.3, -0.25) is 4.79 Å². The molecule has 0 aliphatic carbocycles. The second-order valence-electron chi connectivity index (χ2n) is 6.49. The number of halogens is 1. The summed E-state index contributed by atoms with van der Waals surface area (Å²) in [4.78, 5) is 14.1. The van der Waals surface area contributed by atoms with Crippen LogP contribution in [0.3, 0.4) is 0 Å². The summed E-state index contributed by atoms with van der Waals surface area (Å²) in [5, 5.41) is 6.46. The van der Waals surface area contributed by atoms with Gasteiger partial charge in [0.25, 0.3) is 0 Å². The lowest BCUT2D eigenvalue weighted by Crippen LogP contribution is -2.47. The molecule has 0 aromatic carbocycles. The largest absolute Gasteiger partial charge is 0.355 e. The summed E-state index contributed by atoms with van der Waals surface area (Å²) in [6, 6.07) is 0. The molecule has 0 saturated carbocycles. The van der Waals surface area contributed by atoms with E-state index in [0.717, 1.165) is 25.4 Å². The summed E-state index contributed by atoms with van der Waals surface area (Å²) in [5.74, 6) is 1.13. The Morgan fingerprint density at radius 1 is 1.32 bits per heavy atom. The van der Waals surface area contributed by atoms with E-state index in [1.807, 2.05) is 0 Å². The van der Waals surface area contributed by atoms with Crippen molar-refractivity contribution in [2.24, 2.45) is 11.3 Å². The summed E-state index contributed by atoms with van der Waals surface area (Å²) in [5.41, 5.74) is 0.266. The topological polar surface area (TPSA) is 44.4 Å². The number of nitrogens with one attached hydrogen (secondary N) is 2. The zero-order valence-corrected chi connectivity index (χ0v) is 12.4. The quantitative estimate of drug-likeness (QED) is 0.797. The van der Waals surface area contributed by atoms with Gasteiger partial charge in [-0.05, 0) is 51.2 Å². The van der Waals surface area contributed by atoms with Crippen molar-refractivity contribution in [3.8, 4) is 0 Å². The minimum absolute atomic E-state index is 0. The van der Waals surface area contributed by atoms with Gasteiger partial charge in [0.15, 0.2) is 0 Å². The van der Waals surface area contributed by atoms with Gasteiger partial charge in [-0.1, -0.05) is 0 Å². The van der Waals surface area contributed by atoms with Crippen LogP contribution >= 0.6 is 12.4 Å². The van der Waals surface area contributed by atoms with Crippen molar-refractivity contribution in [2.45, 2.75) is 32.1 Å². The molecule has 19 heavy (non-hydrogen) atoms. The summed E-state index contributed by atoms with van der Waals surface area (Å²) < 4.78 is 0. The number of carbonyl (C=O) groups is 1. The number of likely N-dealkylation sites (tertiary alicyclic amines) is 1. The summed E-state index contributed by atoms with van der Waals surface area (Å²) in [6.07, 6.45) is 5.89. The van der Waals surface area contributed by atoms with E-state index in [1.165, 1.54) is 51.9 Å². The number of carbonyl (C=O) groups excluding carboxylic acids is 1. The fourth-order valence-electron chi connectivity index (χ4n) is 3.94. The zero-order valence-electron chi connectivity index (χ0n) is 11.6. The van der Waals surface area contributed by atoms with Crippen LogP contribution in [0.4, 0.5) is 0 Å². The van der Waals surface area contributed by atoms with Crippen molar-refractivity contribution in [2.75, 3.05) is 39.3 Å². The Kier molecular flexibility index (Phi) is 5.09. The van der Waals surface area contributed by atoms with Gasteiger partial charge >= 0.3 is 0 Å². The highest BCUT2D eigenvalue weighted by molar-refractivity contribution is 5.85. The molecule has 5 heteroatoms. The first-order valence-corrected chi connectivity index (χ1v) is 7.46. The maximum Gasteiger partial charge on any atom is 0.220 e. The molecule has 4 nitrogen and oxygen atoms in total. The molecule has 1 unspecified atom stereocenters. The Morgan fingerprint density at radius 2 is 2.11 bits per heavy atom. The summed E-state index contributed by atoms with van der Waals surface area (Å²) in [6.45, 7) is 6.90. The number of nitrogens with zero attached hydrogens (tertiary/aromatic N) is 1. The molecule has 3 fully saturated rings. The molecule has 1 amide bonds. The van der Waals surface area contributed by atoms with Crippen LogP contribution < -0.4 is 10.6 Å². The number of rotatable bonds is 2. The standard InChI is InChI=1S/C14H25N3O.ClH/c18-13-8-14(10-16-13)4-1-7-17(11-14)9-12-2-5-15-6-3-12;/h12,15H,1-11H2,(H,16,18);1H. The Labute approximate surface area is 122 Å². The van der Waals surface area contributed by atoms with Gasteiger partial charge in [-0.2, -0.15) is 0 Å². The maximum absolute atomic E-state index is 11.5. The van der Waals surface area contributed by atoms with Crippen LogP contribution in [0.15, 0.2) is 0 Å². The average molecular weight is 288 g/mol. The smallest absolute Gasteiger partial charge is 0.220 e. The van der Waals surface area contributed by atoms with Crippen LogP contribution in [-0.2, 0) is 4.79 Å². The van der Waals surface area contributed by atoms with Gasteiger partial charge in [0.2, 0.25) is 5.91 Å². The van der Waals surface area contributed by atoms with Crippen molar-refractivity contribution >= 4 is 18.3 Å². The first-order chi connectivity index (χ1) is 8.76. The predicted octanol–water partition coefficient (Wildman–Crippen LogP) is 1.01. The average Bonchev–Trinajstić information content (AvgIpc) is 2.72. The van der Waals surface area contributed by atoms with Crippen LogP contribution in [0.1, 0.15) is 32.1 Å². The Bertz CT molecular complexity index is 320. The van der Waals surface area contributed by atoms with E-state index in [2.05, 4.69) is 15.5 Å². The molecule has 3 aliphatic heterocycles. The molecule has 0 aromatic rings. The van der Waals surface area contributed by atoms with Crippen LogP contribution in [0, 0.1) is 11.3 Å². The third-order valence-electron chi connectivity index (χ3n) is 4.91. The van der Waals surface area contributed by atoms with Crippen LogP contribution in [0.5, 0.6) is 0 Å². The highest BCUT2D eigenvalue weighted by Crippen LogP contribution is 2.36. The molecular weight excluding hydrogens is 262 g/mol. The third kappa shape index (κ3) is 3.61. The molecule has 1 atom stereocenters. The number of hydrogen-bond acceptors (Lipinski definition) is 3. The highest BCUT2D eigenvalue weighted by Gasteiger charge is 2.41. The molecule has 3 saturated heterocycles. The molecule has 0 bridgehead atoms. The summed E-state index contributed by atoms with van der Waals surface area (Å²) in [7, 11) is 0. The van der Waals surface area contributed by atoms with E-state index in [9.17, 15) is 4.79 Å². The highest BCUT2D eigenvalue weighted by atomic mass is 35.5. The SMILES string of the molecule is Cl.O=C1CC2(CCCN(CC3CCNCC3)C2)CN1. The van der Waals surface area contributed by atoms with Gasteiger partial charge in [-0.25, -0.2) is 0 Å². The van der Waals surface area contributed by atoms with Crippen molar-refractivity contribution in [1.29, 1.82) is 0 Å².